The maximum Gasteiger partial charge on any atom is 0.356 e. The summed E-state index contributed by atoms with van der Waals surface area (Å²) in [6, 6.07) is 9.61. The Bertz CT molecular complexity index is 454. The van der Waals surface area contributed by atoms with Crippen LogP contribution in [0.3, 0.4) is 0 Å². The summed E-state index contributed by atoms with van der Waals surface area (Å²) in [5.74, 6) is -1.29. The summed E-state index contributed by atoms with van der Waals surface area (Å²) in [4.78, 5) is 15.5. The smallest absolute Gasteiger partial charge is 0.356 e. The van der Waals surface area contributed by atoms with Gasteiger partial charge >= 0.3 is 5.97 Å². The number of carboxylic acids is 1. The summed E-state index contributed by atoms with van der Waals surface area (Å²) in [6.07, 6.45) is 3.57. The van der Waals surface area contributed by atoms with Crippen molar-refractivity contribution >= 4 is 35.2 Å². The molecule has 0 spiro atoms. The largest absolute Gasteiger partial charge is 0.476 e. The van der Waals surface area contributed by atoms with E-state index in [1.165, 1.54) is 0 Å². The molecule has 0 unspecified atom stereocenters. The summed E-state index contributed by atoms with van der Waals surface area (Å²) in [5, 5.41) is 8.69. The number of halogens is 2. The lowest BCUT2D eigenvalue weighted by molar-refractivity contribution is -0.134. The van der Waals surface area contributed by atoms with Gasteiger partial charge in [-0.25, -0.2) is 4.79 Å². The minimum atomic E-state index is -1.29. The van der Waals surface area contributed by atoms with E-state index >= 15 is 0 Å². The Morgan fingerprint density at radius 1 is 1.33 bits per heavy atom. The van der Waals surface area contributed by atoms with Gasteiger partial charge in [0.2, 0.25) is 0 Å². The van der Waals surface area contributed by atoms with E-state index in [2.05, 4.69) is 5.48 Å². The minimum Gasteiger partial charge on any atom is -0.476 e. The second-order valence-electron chi connectivity index (χ2n) is 3.17. The summed E-state index contributed by atoms with van der Waals surface area (Å²) >= 11 is 10.7. The van der Waals surface area contributed by atoms with Gasteiger partial charge in [-0.05, 0) is 5.56 Å². The second kappa shape index (κ2) is 7.76. The number of nitrogens with one attached hydrogen (secondary N) is 1. The molecule has 0 radical (unpaired) electrons. The van der Waals surface area contributed by atoms with Crippen LogP contribution < -0.4 is 5.48 Å². The first-order valence-electron chi connectivity index (χ1n) is 4.99. The molecular formula is C12H11Cl2NO3. The minimum absolute atomic E-state index is 0.173. The third-order valence-electron chi connectivity index (χ3n) is 1.87. The highest BCUT2D eigenvalue weighted by Gasteiger charge is 2.11. The Morgan fingerprint density at radius 2 is 2.00 bits per heavy atom. The molecule has 96 valence electrons. The molecule has 0 aliphatic heterocycles. The first-order valence-corrected chi connectivity index (χ1v) is 5.75. The third-order valence-corrected chi connectivity index (χ3v) is 2.24. The Labute approximate surface area is 114 Å². The van der Waals surface area contributed by atoms with E-state index in [9.17, 15) is 4.79 Å². The molecule has 18 heavy (non-hydrogen) atoms. The predicted molar refractivity (Wildman–Crippen MR) is 70.9 cm³/mol. The Hall–Kier alpha value is -1.49. The number of hydroxylamine groups is 1. The fourth-order valence-electron chi connectivity index (χ4n) is 1.07. The topological polar surface area (TPSA) is 58.6 Å². The fourth-order valence-corrected chi connectivity index (χ4v) is 1.31. The van der Waals surface area contributed by atoms with Crippen LogP contribution in [0.25, 0.3) is 6.08 Å². The molecule has 1 aromatic rings. The number of aliphatic carboxylic acids is 1. The Balaban J connectivity index is 2.37. The van der Waals surface area contributed by atoms with Crippen molar-refractivity contribution in [3.63, 3.8) is 0 Å². The predicted octanol–water partition coefficient (Wildman–Crippen LogP) is 2.95. The van der Waals surface area contributed by atoms with Crippen molar-refractivity contribution < 1.29 is 14.7 Å². The van der Waals surface area contributed by atoms with E-state index in [0.29, 0.717) is 0 Å². The van der Waals surface area contributed by atoms with Gasteiger partial charge in [0.1, 0.15) is 4.49 Å². The van der Waals surface area contributed by atoms with Crippen molar-refractivity contribution in [1.29, 1.82) is 0 Å². The van der Waals surface area contributed by atoms with E-state index in [1.807, 2.05) is 36.4 Å². The molecule has 0 aromatic heterocycles. The van der Waals surface area contributed by atoms with Gasteiger partial charge < -0.3 is 5.11 Å². The average Bonchev–Trinajstić information content (AvgIpc) is 2.34. The lowest BCUT2D eigenvalue weighted by atomic mass is 10.2. The quantitative estimate of drug-likeness (QED) is 0.480. The Kier molecular flexibility index (Phi) is 6.28. The number of benzene rings is 1. The third kappa shape index (κ3) is 5.23. The normalized spacial score (nSPS) is 10.3. The van der Waals surface area contributed by atoms with Gasteiger partial charge in [0.05, 0.1) is 6.61 Å². The van der Waals surface area contributed by atoms with Crippen LogP contribution in [0.2, 0.25) is 0 Å². The molecule has 0 heterocycles. The number of rotatable bonds is 6. The van der Waals surface area contributed by atoms with E-state index < -0.39 is 16.2 Å². The molecule has 0 saturated carbocycles. The monoisotopic (exact) mass is 287 g/mol. The zero-order valence-electron chi connectivity index (χ0n) is 9.27. The number of carboxylic acid groups (broad SMARTS) is 1. The number of hydrogen-bond donors (Lipinski definition) is 2. The van der Waals surface area contributed by atoms with E-state index in [4.69, 9.17) is 33.1 Å². The van der Waals surface area contributed by atoms with E-state index in [1.54, 1.807) is 6.08 Å². The van der Waals surface area contributed by atoms with Crippen molar-refractivity contribution in [3.05, 3.63) is 52.2 Å². The molecule has 1 rings (SSSR count). The van der Waals surface area contributed by atoms with Gasteiger partial charge in [-0.3, -0.25) is 10.3 Å². The van der Waals surface area contributed by atoms with Crippen molar-refractivity contribution in [3.8, 4) is 0 Å². The van der Waals surface area contributed by atoms with Crippen LogP contribution in [0, 0.1) is 0 Å². The second-order valence-corrected chi connectivity index (χ2v) is 4.12. The van der Waals surface area contributed by atoms with Crippen LogP contribution in [0.1, 0.15) is 5.56 Å². The fraction of sp³-hybridized carbons (Fsp3) is 0.0833. The van der Waals surface area contributed by atoms with Crippen LogP contribution in [-0.2, 0) is 9.63 Å². The van der Waals surface area contributed by atoms with Gasteiger partial charge in [-0.15, -0.1) is 0 Å². The van der Waals surface area contributed by atoms with Crippen molar-refractivity contribution in [2.75, 3.05) is 6.61 Å². The summed E-state index contributed by atoms with van der Waals surface area (Å²) in [7, 11) is 0. The molecule has 0 saturated heterocycles. The zero-order chi connectivity index (χ0) is 13.4. The first kappa shape index (κ1) is 14.6. The van der Waals surface area contributed by atoms with E-state index in [0.717, 1.165) is 5.56 Å². The van der Waals surface area contributed by atoms with Gasteiger partial charge in [0.15, 0.2) is 5.70 Å². The first-order chi connectivity index (χ1) is 8.61. The maximum atomic E-state index is 10.6. The molecular weight excluding hydrogens is 277 g/mol. The maximum absolute atomic E-state index is 10.6. The molecule has 6 heteroatoms. The highest BCUT2D eigenvalue weighted by atomic mass is 35.5. The van der Waals surface area contributed by atoms with E-state index in [-0.39, 0.29) is 6.61 Å². The van der Waals surface area contributed by atoms with Gasteiger partial charge in [0, 0.05) is 0 Å². The highest BCUT2D eigenvalue weighted by Crippen LogP contribution is 2.11. The van der Waals surface area contributed by atoms with Crippen LogP contribution in [0.4, 0.5) is 0 Å². The standard InChI is InChI=1S/C12H11Cl2NO3/c13-11(14)10(12(16)17)15-18-8-4-7-9-5-2-1-3-6-9/h1-7,15H,8H2,(H,16,17). The lowest BCUT2D eigenvalue weighted by Gasteiger charge is -2.05. The van der Waals surface area contributed by atoms with Crippen LogP contribution >= 0.6 is 23.2 Å². The lowest BCUT2D eigenvalue weighted by Crippen LogP contribution is -2.21. The SMILES string of the molecule is O=C(O)C(NOCC=Cc1ccccc1)=C(Cl)Cl. The van der Waals surface area contributed by atoms with Crippen LogP contribution in [0.15, 0.2) is 46.6 Å². The van der Waals surface area contributed by atoms with Gasteiger partial charge in [-0.2, -0.15) is 0 Å². The Morgan fingerprint density at radius 3 is 2.56 bits per heavy atom. The molecule has 0 aliphatic carbocycles. The molecule has 0 fully saturated rings. The molecule has 2 N–H and O–H groups in total. The zero-order valence-corrected chi connectivity index (χ0v) is 10.8. The van der Waals surface area contributed by atoms with Gasteiger partial charge in [-0.1, -0.05) is 65.7 Å². The summed E-state index contributed by atoms with van der Waals surface area (Å²) in [5.41, 5.74) is 2.79. The summed E-state index contributed by atoms with van der Waals surface area (Å²) < 4.78 is -0.394. The molecule has 0 amide bonds. The highest BCUT2D eigenvalue weighted by molar-refractivity contribution is 6.57. The number of carbonyl (C=O) groups is 1. The van der Waals surface area contributed by atoms with Gasteiger partial charge in [0.25, 0.3) is 0 Å². The summed E-state index contributed by atoms with van der Waals surface area (Å²) in [6.45, 7) is 0.173. The molecule has 0 atom stereocenters. The molecule has 4 nitrogen and oxygen atoms in total. The van der Waals surface area contributed by atoms with Crippen molar-refractivity contribution in [2.45, 2.75) is 0 Å². The van der Waals surface area contributed by atoms with Crippen molar-refractivity contribution in [1.82, 2.24) is 5.48 Å². The number of hydrogen-bond acceptors (Lipinski definition) is 3. The average molecular weight is 288 g/mol. The van der Waals surface area contributed by atoms with Crippen LogP contribution in [0.5, 0.6) is 0 Å². The molecule has 0 aliphatic rings. The van der Waals surface area contributed by atoms with Crippen LogP contribution in [-0.4, -0.2) is 17.7 Å². The molecule has 0 bridgehead atoms. The van der Waals surface area contributed by atoms with Crippen molar-refractivity contribution in [2.24, 2.45) is 0 Å². The molecule has 1 aromatic carbocycles.